The van der Waals surface area contributed by atoms with Crippen LogP contribution >= 0.6 is 28.6 Å². The molecule has 0 aliphatic heterocycles. The molecule has 1 aromatic carbocycles. The summed E-state index contributed by atoms with van der Waals surface area (Å²) >= 11 is 8.10. The van der Waals surface area contributed by atoms with Crippen molar-refractivity contribution in [2.24, 2.45) is 0 Å². The van der Waals surface area contributed by atoms with Gasteiger partial charge in [-0.3, -0.25) is 0 Å². The second-order valence-electron chi connectivity index (χ2n) is 3.65. The van der Waals surface area contributed by atoms with Gasteiger partial charge in [-0.25, -0.2) is 0 Å². The predicted molar refractivity (Wildman–Crippen MR) is 74.2 cm³/mol. The van der Waals surface area contributed by atoms with Gasteiger partial charge in [-0.15, -0.1) is 12.6 Å². The highest BCUT2D eigenvalue weighted by molar-refractivity contribution is 9.10. The van der Waals surface area contributed by atoms with Crippen LogP contribution in [0.5, 0.6) is 0 Å². The van der Waals surface area contributed by atoms with Crippen LogP contribution in [-0.4, -0.2) is 6.54 Å². The van der Waals surface area contributed by atoms with Crippen LogP contribution in [0.15, 0.2) is 21.5 Å². The molecule has 0 fully saturated rings. The first-order chi connectivity index (χ1) is 7.19. The summed E-state index contributed by atoms with van der Waals surface area (Å²) in [4.78, 5) is 1.03. The van der Waals surface area contributed by atoms with Crippen molar-refractivity contribution in [3.63, 3.8) is 0 Å². The lowest BCUT2D eigenvalue weighted by Gasteiger charge is -2.12. The average molecular weight is 288 g/mol. The monoisotopic (exact) mass is 287 g/mol. The standard InChI is InChI=1S/C12H18BrNS/c1-3-5-9-7-10(13)12(11(15)8-9)14-6-4-2/h7-8,14-15H,3-6H2,1-2H3. The number of benzene rings is 1. The molecule has 0 bridgehead atoms. The minimum absolute atomic E-state index is 0.985. The van der Waals surface area contributed by atoms with Gasteiger partial charge in [0.25, 0.3) is 0 Å². The number of aryl methyl sites for hydroxylation is 1. The molecular weight excluding hydrogens is 270 g/mol. The Kier molecular flexibility index (Phi) is 5.54. The smallest absolute Gasteiger partial charge is 0.0620 e. The summed E-state index contributed by atoms with van der Waals surface area (Å²) in [6.45, 7) is 5.33. The Hall–Kier alpha value is -0.150. The van der Waals surface area contributed by atoms with Gasteiger partial charge in [-0.2, -0.15) is 0 Å². The number of thiol groups is 1. The van der Waals surface area contributed by atoms with E-state index in [4.69, 9.17) is 0 Å². The highest BCUT2D eigenvalue weighted by Gasteiger charge is 2.05. The molecule has 1 nitrogen and oxygen atoms in total. The van der Waals surface area contributed by atoms with Gasteiger partial charge >= 0.3 is 0 Å². The molecule has 0 atom stereocenters. The van der Waals surface area contributed by atoms with Crippen LogP contribution < -0.4 is 5.32 Å². The van der Waals surface area contributed by atoms with Crippen LogP contribution in [0.25, 0.3) is 0 Å². The minimum atomic E-state index is 0.985. The lowest BCUT2D eigenvalue weighted by atomic mass is 10.1. The first-order valence-corrected chi connectivity index (χ1v) is 6.68. The lowest BCUT2D eigenvalue weighted by molar-refractivity contribution is 0.914. The van der Waals surface area contributed by atoms with Crippen molar-refractivity contribution >= 4 is 34.2 Å². The number of hydrogen-bond acceptors (Lipinski definition) is 2. The lowest BCUT2D eigenvalue weighted by Crippen LogP contribution is -2.02. The van der Waals surface area contributed by atoms with Crippen LogP contribution in [0, 0.1) is 0 Å². The Balaban J connectivity index is 2.88. The SMILES string of the molecule is CCCNc1c(S)cc(CCC)cc1Br. The summed E-state index contributed by atoms with van der Waals surface area (Å²) < 4.78 is 1.12. The summed E-state index contributed by atoms with van der Waals surface area (Å²) in [5.74, 6) is 0. The maximum atomic E-state index is 4.51. The molecule has 84 valence electrons. The van der Waals surface area contributed by atoms with E-state index < -0.39 is 0 Å². The third-order valence-corrected chi connectivity index (χ3v) is 3.20. The highest BCUT2D eigenvalue weighted by atomic mass is 79.9. The Morgan fingerprint density at radius 1 is 1.27 bits per heavy atom. The van der Waals surface area contributed by atoms with E-state index in [0.717, 1.165) is 34.4 Å². The maximum absolute atomic E-state index is 4.51. The van der Waals surface area contributed by atoms with Crippen LogP contribution in [0.4, 0.5) is 5.69 Å². The van der Waals surface area contributed by atoms with Crippen molar-refractivity contribution in [3.05, 3.63) is 22.2 Å². The predicted octanol–water partition coefficient (Wildman–Crippen LogP) is 4.51. The van der Waals surface area contributed by atoms with E-state index in [1.807, 2.05) is 0 Å². The molecule has 0 heterocycles. The first kappa shape index (κ1) is 12.9. The molecule has 0 saturated heterocycles. The number of hydrogen-bond donors (Lipinski definition) is 2. The molecule has 0 unspecified atom stereocenters. The third kappa shape index (κ3) is 3.72. The summed E-state index contributed by atoms with van der Waals surface area (Å²) in [7, 11) is 0. The number of rotatable bonds is 5. The summed E-state index contributed by atoms with van der Waals surface area (Å²) in [6, 6.07) is 4.33. The number of anilines is 1. The fourth-order valence-electron chi connectivity index (χ4n) is 1.50. The molecule has 0 aromatic heterocycles. The second-order valence-corrected chi connectivity index (χ2v) is 4.98. The van der Waals surface area contributed by atoms with E-state index in [1.165, 1.54) is 12.0 Å². The van der Waals surface area contributed by atoms with Gasteiger partial charge in [0.15, 0.2) is 0 Å². The molecular formula is C12H18BrNS. The van der Waals surface area contributed by atoms with E-state index in [2.05, 4.69) is 59.9 Å². The van der Waals surface area contributed by atoms with Gasteiger partial charge in [-0.05, 0) is 46.5 Å². The maximum Gasteiger partial charge on any atom is 0.0620 e. The van der Waals surface area contributed by atoms with Gasteiger partial charge in [0.2, 0.25) is 0 Å². The van der Waals surface area contributed by atoms with Gasteiger partial charge < -0.3 is 5.32 Å². The molecule has 0 aliphatic carbocycles. The Bertz CT molecular complexity index is 302. The largest absolute Gasteiger partial charge is 0.383 e. The van der Waals surface area contributed by atoms with Crippen LogP contribution in [0.3, 0.4) is 0 Å². The molecule has 15 heavy (non-hydrogen) atoms. The fourth-order valence-corrected chi connectivity index (χ4v) is 2.67. The summed E-state index contributed by atoms with van der Waals surface area (Å²) in [5.41, 5.74) is 2.46. The number of nitrogens with one attached hydrogen (secondary N) is 1. The molecule has 1 aromatic rings. The van der Waals surface area contributed by atoms with Gasteiger partial charge in [0, 0.05) is 15.9 Å². The Morgan fingerprint density at radius 2 is 2.00 bits per heavy atom. The van der Waals surface area contributed by atoms with Gasteiger partial charge in [-0.1, -0.05) is 20.3 Å². The zero-order valence-corrected chi connectivity index (χ0v) is 11.8. The molecule has 3 heteroatoms. The minimum Gasteiger partial charge on any atom is -0.383 e. The van der Waals surface area contributed by atoms with Crippen molar-refractivity contribution in [1.82, 2.24) is 0 Å². The third-order valence-electron chi connectivity index (χ3n) is 2.22. The van der Waals surface area contributed by atoms with Crippen molar-refractivity contribution < 1.29 is 0 Å². The zero-order chi connectivity index (χ0) is 11.3. The Morgan fingerprint density at radius 3 is 2.53 bits per heavy atom. The van der Waals surface area contributed by atoms with E-state index in [0.29, 0.717) is 0 Å². The van der Waals surface area contributed by atoms with Crippen molar-refractivity contribution in [1.29, 1.82) is 0 Å². The van der Waals surface area contributed by atoms with Crippen molar-refractivity contribution in [3.8, 4) is 0 Å². The first-order valence-electron chi connectivity index (χ1n) is 5.44. The quantitative estimate of drug-likeness (QED) is 0.759. The molecule has 0 saturated carbocycles. The van der Waals surface area contributed by atoms with Crippen molar-refractivity contribution in [2.75, 3.05) is 11.9 Å². The summed E-state index contributed by atoms with van der Waals surface area (Å²) in [5, 5.41) is 3.38. The van der Waals surface area contributed by atoms with Gasteiger partial charge in [0.1, 0.15) is 0 Å². The van der Waals surface area contributed by atoms with E-state index in [-0.39, 0.29) is 0 Å². The summed E-state index contributed by atoms with van der Waals surface area (Å²) in [6.07, 6.45) is 3.40. The average Bonchev–Trinajstić information content (AvgIpc) is 2.17. The number of halogens is 1. The topological polar surface area (TPSA) is 12.0 Å². The zero-order valence-electron chi connectivity index (χ0n) is 9.31. The molecule has 0 amide bonds. The fraction of sp³-hybridized carbons (Fsp3) is 0.500. The van der Waals surface area contributed by atoms with Crippen LogP contribution in [0.2, 0.25) is 0 Å². The van der Waals surface area contributed by atoms with Crippen LogP contribution in [0.1, 0.15) is 32.3 Å². The van der Waals surface area contributed by atoms with Gasteiger partial charge in [0.05, 0.1) is 5.69 Å². The molecule has 1 rings (SSSR count). The molecule has 0 radical (unpaired) electrons. The second kappa shape index (κ2) is 6.44. The van der Waals surface area contributed by atoms with E-state index >= 15 is 0 Å². The normalized spacial score (nSPS) is 10.4. The molecule has 0 aliphatic rings. The van der Waals surface area contributed by atoms with E-state index in [9.17, 15) is 0 Å². The highest BCUT2D eigenvalue weighted by Crippen LogP contribution is 2.31. The Labute approximate surface area is 106 Å². The van der Waals surface area contributed by atoms with Crippen molar-refractivity contribution in [2.45, 2.75) is 38.0 Å². The molecule has 1 N–H and O–H groups in total. The molecule has 0 spiro atoms. The van der Waals surface area contributed by atoms with Crippen LogP contribution in [-0.2, 0) is 6.42 Å². The van der Waals surface area contributed by atoms with E-state index in [1.54, 1.807) is 0 Å².